The van der Waals surface area contributed by atoms with Gasteiger partial charge < -0.3 is 10.0 Å². The summed E-state index contributed by atoms with van der Waals surface area (Å²) in [5.41, 5.74) is 0. The Balaban J connectivity index is 2.56. The number of carbonyl (C=O) groups excluding carboxylic acids is 1. The van der Waals surface area contributed by atoms with Crippen molar-refractivity contribution in [3.05, 3.63) is 0 Å². The number of carbonyl (C=O) groups is 2. The molecule has 0 bridgehead atoms. The SMILES string of the molecule is CC1CN(C)C(=O)CN1CC(=O)O. The average molecular weight is 186 g/mol. The van der Waals surface area contributed by atoms with Crippen molar-refractivity contribution in [3.63, 3.8) is 0 Å². The summed E-state index contributed by atoms with van der Waals surface area (Å²) in [5, 5.41) is 8.57. The third-order valence-corrected chi connectivity index (χ3v) is 2.26. The summed E-state index contributed by atoms with van der Waals surface area (Å²) in [4.78, 5) is 25.0. The maximum Gasteiger partial charge on any atom is 0.317 e. The van der Waals surface area contributed by atoms with E-state index in [1.165, 1.54) is 0 Å². The van der Waals surface area contributed by atoms with Crippen LogP contribution in [0.15, 0.2) is 0 Å². The molecule has 0 aromatic rings. The Bertz CT molecular complexity index is 229. The van der Waals surface area contributed by atoms with Crippen molar-refractivity contribution in [1.29, 1.82) is 0 Å². The standard InChI is InChI=1S/C8H14N2O3/c1-6-3-9(2)7(11)4-10(6)5-8(12)13/h6H,3-5H2,1-2H3,(H,12,13). The molecule has 1 aliphatic heterocycles. The van der Waals surface area contributed by atoms with E-state index in [0.29, 0.717) is 6.54 Å². The first-order valence-corrected chi connectivity index (χ1v) is 4.20. The predicted molar refractivity (Wildman–Crippen MR) is 46.3 cm³/mol. The maximum atomic E-state index is 11.2. The first-order valence-electron chi connectivity index (χ1n) is 4.20. The molecule has 0 aliphatic carbocycles. The lowest BCUT2D eigenvalue weighted by molar-refractivity contribution is -0.143. The molecular formula is C8H14N2O3. The minimum atomic E-state index is -0.885. The van der Waals surface area contributed by atoms with Gasteiger partial charge in [0.1, 0.15) is 0 Å². The number of hydrogen-bond donors (Lipinski definition) is 1. The fourth-order valence-electron chi connectivity index (χ4n) is 1.45. The molecule has 1 saturated heterocycles. The lowest BCUT2D eigenvalue weighted by atomic mass is 10.2. The summed E-state index contributed by atoms with van der Waals surface area (Å²) in [6.07, 6.45) is 0. The number of carboxylic acids is 1. The van der Waals surface area contributed by atoms with E-state index in [9.17, 15) is 9.59 Å². The summed E-state index contributed by atoms with van der Waals surface area (Å²) in [6.45, 7) is 2.68. The third-order valence-electron chi connectivity index (χ3n) is 2.26. The summed E-state index contributed by atoms with van der Waals surface area (Å²) < 4.78 is 0. The number of carboxylic acid groups (broad SMARTS) is 1. The van der Waals surface area contributed by atoms with Crippen LogP contribution in [0.3, 0.4) is 0 Å². The van der Waals surface area contributed by atoms with Crippen LogP contribution in [-0.4, -0.2) is 59.5 Å². The van der Waals surface area contributed by atoms with Gasteiger partial charge in [0.2, 0.25) is 5.91 Å². The van der Waals surface area contributed by atoms with Gasteiger partial charge in [-0.1, -0.05) is 0 Å². The number of piperazine rings is 1. The van der Waals surface area contributed by atoms with Crippen LogP contribution in [-0.2, 0) is 9.59 Å². The van der Waals surface area contributed by atoms with Gasteiger partial charge in [0.15, 0.2) is 0 Å². The molecule has 0 saturated carbocycles. The molecule has 0 aromatic carbocycles. The Hall–Kier alpha value is -1.10. The quantitative estimate of drug-likeness (QED) is 0.615. The second kappa shape index (κ2) is 3.74. The van der Waals surface area contributed by atoms with Crippen molar-refractivity contribution in [1.82, 2.24) is 9.80 Å². The molecule has 13 heavy (non-hydrogen) atoms. The molecule has 5 heteroatoms. The summed E-state index contributed by atoms with van der Waals surface area (Å²) in [6, 6.07) is 0.124. The largest absolute Gasteiger partial charge is 0.480 e. The lowest BCUT2D eigenvalue weighted by Crippen LogP contribution is -2.54. The molecule has 0 spiro atoms. The fraction of sp³-hybridized carbons (Fsp3) is 0.750. The van der Waals surface area contributed by atoms with Crippen LogP contribution in [0.25, 0.3) is 0 Å². The van der Waals surface area contributed by atoms with E-state index in [1.54, 1.807) is 16.8 Å². The first-order chi connectivity index (χ1) is 6.00. The van der Waals surface area contributed by atoms with E-state index in [4.69, 9.17) is 5.11 Å². The third kappa shape index (κ3) is 2.42. The van der Waals surface area contributed by atoms with Gasteiger partial charge in [-0.15, -0.1) is 0 Å². The van der Waals surface area contributed by atoms with Crippen LogP contribution in [0.2, 0.25) is 0 Å². The first kappa shape index (κ1) is 9.98. The monoisotopic (exact) mass is 186 g/mol. The van der Waals surface area contributed by atoms with Gasteiger partial charge in [0, 0.05) is 19.6 Å². The van der Waals surface area contributed by atoms with Crippen LogP contribution in [0.4, 0.5) is 0 Å². The maximum absolute atomic E-state index is 11.2. The Labute approximate surface area is 76.9 Å². The summed E-state index contributed by atoms with van der Waals surface area (Å²) >= 11 is 0. The molecule has 1 heterocycles. The van der Waals surface area contributed by atoms with Gasteiger partial charge in [-0.05, 0) is 6.92 Å². The zero-order valence-corrected chi connectivity index (χ0v) is 7.86. The molecule has 1 atom stereocenters. The van der Waals surface area contributed by atoms with Crippen LogP contribution < -0.4 is 0 Å². The molecule has 1 rings (SSSR count). The molecule has 0 radical (unpaired) electrons. The highest BCUT2D eigenvalue weighted by Crippen LogP contribution is 2.07. The molecule has 1 N–H and O–H groups in total. The van der Waals surface area contributed by atoms with Crippen molar-refractivity contribution in [3.8, 4) is 0 Å². The zero-order valence-electron chi connectivity index (χ0n) is 7.86. The van der Waals surface area contributed by atoms with Crippen LogP contribution >= 0.6 is 0 Å². The Kier molecular flexibility index (Phi) is 2.87. The van der Waals surface area contributed by atoms with Gasteiger partial charge in [0.05, 0.1) is 13.1 Å². The lowest BCUT2D eigenvalue weighted by Gasteiger charge is -2.36. The number of rotatable bonds is 2. The zero-order chi connectivity index (χ0) is 10.0. The molecular weight excluding hydrogens is 172 g/mol. The number of hydrogen-bond acceptors (Lipinski definition) is 3. The van der Waals surface area contributed by atoms with E-state index >= 15 is 0 Å². The molecule has 1 aliphatic rings. The van der Waals surface area contributed by atoms with Gasteiger partial charge in [0.25, 0.3) is 0 Å². The molecule has 1 amide bonds. The number of amides is 1. The van der Waals surface area contributed by atoms with E-state index in [1.807, 2.05) is 6.92 Å². The van der Waals surface area contributed by atoms with Gasteiger partial charge >= 0.3 is 5.97 Å². The highest BCUT2D eigenvalue weighted by atomic mass is 16.4. The topological polar surface area (TPSA) is 60.9 Å². The van der Waals surface area contributed by atoms with Crippen molar-refractivity contribution in [2.24, 2.45) is 0 Å². The predicted octanol–water partition coefficient (Wildman–Crippen LogP) is -0.766. The van der Waals surface area contributed by atoms with Crippen LogP contribution in [0.5, 0.6) is 0 Å². The summed E-state index contributed by atoms with van der Waals surface area (Å²) in [7, 11) is 1.73. The average Bonchev–Trinajstić information content (AvgIpc) is 1.99. The van der Waals surface area contributed by atoms with E-state index < -0.39 is 5.97 Å². The van der Waals surface area contributed by atoms with Gasteiger partial charge in [-0.25, -0.2) is 0 Å². The normalized spacial score (nSPS) is 24.9. The van der Waals surface area contributed by atoms with Crippen molar-refractivity contribution in [2.45, 2.75) is 13.0 Å². The van der Waals surface area contributed by atoms with Crippen LogP contribution in [0, 0.1) is 0 Å². The van der Waals surface area contributed by atoms with Crippen LogP contribution in [0.1, 0.15) is 6.92 Å². The van der Waals surface area contributed by atoms with Crippen molar-refractivity contribution >= 4 is 11.9 Å². The highest BCUT2D eigenvalue weighted by molar-refractivity contribution is 5.80. The summed E-state index contributed by atoms with van der Waals surface area (Å²) in [5.74, 6) is -0.899. The number of likely N-dealkylation sites (N-methyl/N-ethyl adjacent to an activating group) is 1. The molecule has 1 fully saturated rings. The minimum Gasteiger partial charge on any atom is -0.480 e. The Morgan fingerprint density at radius 1 is 1.69 bits per heavy atom. The smallest absolute Gasteiger partial charge is 0.317 e. The highest BCUT2D eigenvalue weighted by Gasteiger charge is 2.27. The second-order valence-corrected chi connectivity index (χ2v) is 3.42. The minimum absolute atomic E-state index is 0.0145. The second-order valence-electron chi connectivity index (χ2n) is 3.42. The van der Waals surface area contributed by atoms with Gasteiger partial charge in [-0.2, -0.15) is 0 Å². The van der Waals surface area contributed by atoms with Crippen molar-refractivity contribution < 1.29 is 14.7 Å². The molecule has 0 aromatic heterocycles. The van der Waals surface area contributed by atoms with Crippen molar-refractivity contribution in [2.75, 3.05) is 26.7 Å². The Morgan fingerprint density at radius 3 is 2.85 bits per heavy atom. The fourth-order valence-corrected chi connectivity index (χ4v) is 1.45. The van der Waals surface area contributed by atoms with E-state index in [2.05, 4.69) is 0 Å². The molecule has 5 nitrogen and oxygen atoms in total. The van der Waals surface area contributed by atoms with E-state index in [0.717, 1.165) is 0 Å². The number of aliphatic carboxylic acids is 1. The molecule has 74 valence electrons. The Morgan fingerprint density at radius 2 is 2.31 bits per heavy atom. The van der Waals surface area contributed by atoms with Gasteiger partial charge in [-0.3, -0.25) is 14.5 Å². The van der Waals surface area contributed by atoms with E-state index in [-0.39, 0.29) is 25.0 Å². The number of nitrogens with zero attached hydrogens (tertiary/aromatic N) is 2. The molecule has 1 unspecified atom stereocenters.